The van der Waals surface area contributed by atoms with Gasteiger partial charge in [-0.2, -0.15) is 0 Å². The minimum absolute atomic E-state index is 0.173. The van der Waals surface area contributed by atoms with E-state index in [1.54, 1.807) is 76.2 Å². The largest absolute Gasteiger partial charge is 0.490 e. The summed E-state index contributed by atoms with van der Waals surface area (Å²) in [6.45, 7) is 24.5. The van der Waals surface area contributed by atoms with Crippen LogP contribution in [0.15, 0.2) is 84.9 Å². The van der Waals surface area contributed by atoms with Crippen molar-refractivity contribution in [3.63, 3.8) is 0 Å². The molecule has 0 aliphatic rings. The van der Waals surface area contributed by atoms with Gasteiger partial charge in [0.25, 0.3) is 0 Å². The van der Waals surface area contributed by atoms with Crippen LogP contribution < -0.4 is 28.4 Å². The quantitative estimate of drug-likeness (QED) is 0.0129. The maximum absolute atomic E-state index is 13.0. The van der Waals surface area contributed by atoms with Gasteiger partial charge < -0.3 is 47.4 Å². The molecule has 0 amide bonds. The van der Waals surface area contributed by atoms with Gasteiger partial charge in [0.1, 0.15) is 0 Å². The zero-order valence-electron chi connectivity index (χ0n) is 53.4. The first-order valence-corrected chi connectivity index (χ1v) is 32.2. The molecule has 0 N–H and O–H groups in total. The van der Waals surface area contributed by atoms with Gasteiger partial charge in [-0.1, -0.05) is 104 Å². The monoisotopic (exact) mass is 1200 g/mol. The Kier molecular flexibility index (Phi) is 24.0. The summed E-state index contributed by atoms with van der Waals surface area (Å²) >= 11 is 0. The third kappa shape index (κ3) is 14.5. The summed E-state index contributed by atoms with van der Waals surface area (Å²) in [5, 5.41) is 11.7. The van der Waals surface area contributed by atoms with Crippen LogP contribution in [0.1, 0.15) is 188 Å². The second kappa shape index (κ2) is 32.1. The molecule has 9 aromatic carbocycles. The Bertz CT molecular complexity index is 3290. The first-order chi connectivity index (χ1) is 43.0. The molecule has 0 saturated heterocycles. The van der Waals surface area contributed by atoms with Gasteiger partial charge in [0.15, 0.2) is 34.5 Å². The van der Waals surface area contributed by atoms with Crippen LogP contribution in [0, 0.1) is 0 Å². The predicted octanol–water partition coefficient (Wildman–Crippen LogP) is 18.7. The lowest BCUT2D eigenvalue weighted by molar-refractivity contribution is 0.0511. The average molecular weight is 1200 g/mol. The van der Waals surface area contributed by atoms with Crippen molar-refractivity contribution in [2.24, 2.45) is 0 Å². The zero-order chi connectivity index (χ0) is 62.7. The standard InChI is InChI=1S/C42H60O6.C32H28O8/c1-7-13-19-43-37-25-31-32(26-38(37)44-20-14-8-2)34-28-40(46-22-16-10-4)42(48-24-18-12-6)30-36(34)35-29-41(47-23-17-11-5)39(27-33(31)35)45-21-15-9-3;1-5-37-29(33)21-13-9-17-19-11-15-23(31(35)39-7-3)28-24(32(36)40-8-4)16-12-20(26(19)28)18-10-14-22(27(21)25(17)18)30(34)38-6-2/h25-30H,7-24H2,1-6H3;9-16H,5-8H2,1-4H3. The van der Waals surface area contributed by atoms with Crippen LogP contribution in [0.4, 0.5) is 0 Å². The Morgan fingerprint density at radius 1 is 0.250 bits per heavy atom. The predicted molar refractivity (Wildman–Crippen MR) is 353 cm³/mol. The van der Waals surface area contributed by atoms with Crippen LogP contribution in [-0.4, -0.2) is 89.9 Å². The normalized spacial score (nSPS) is 11.3. The molecule has 0 bridgehead atoms. The maximum atomic E-state index is 13.0. The SMILES string of the molecule is CCCCOc1cc2c3cc(OCCCC)c(OCCCC)cc3c3cc(OCCCC)c(OCCCC)cc3c2cc1OCCCC.CCOC(=O)c1ccc2c3ccc(C(=O)OCC)c4c(C(=O)OCC)ccc(c5ccc(C(=O)OCC)c1c25)c43. The molecule has 468 valence electrons. The van der Waals surface area contributed by atoms with Crippen molar-refractivity contribution in [1.82, 2.24) is 0 Å². The van der Waals surface area contributed by atoms with Gasteiger partial charge in [0.05, 0.1) is 88.3 Å². The molecular formula is C74H88O14. The van der Waals surface area contributed by atoms with Gasteiger partial charge in [-0.25, -0.2) is 19.2 Å². The topological polar surface area (TPSA) is 161 Å². The van der Waals surface area contributed by atoms with Crippen molar-refractivity contribution in [2.75, 3.05) is 66.1 Å². The van der Waals surface area contributed by atoms with Crippen LogP contribution in [-0.2, 0) is 18.9 Å². The van der Waals surface area contributed by atoms with E-state index < -0.39 is 23.9 Å². The fourth-order valence-electron chi connectivity index (χ4n) is 11.1. The van der Waals surface area contributed by atoms with Crippen molar-refractivity contribution in [1.29, 1.82) is 0 Å². The summed E-state index contributed by atoms with van der Waals surface area (Å²) in [4.78, 5) is 52.2. The van der Waals surface area contributed by atoms with Gasteiger partial charge in [-0.15, -0.1) is 0 Å². The number of rotatable bonds is 32. The minimum atomic E-state index is -0.553. The fraction of sp³-hybridized carbons (Fsp3) is 0.432. The summed E-state index contributed by atoms with van der Waals surface area (Å²) in [6.07, 6.45) is 12.3. The molecule has 0 spiro atoms. The van der Waals surface area contributed by atoms with Gasteiger partial charge >= 0.3 is 23.9 Å². The smallest absolute Gasteiger partial charge is 0.338 e. The Morgan fingerprint density at radius 3 is 0.591 bits per heavy atom. The average Bonchev–Trinajstić information content (AvgIpc) is 0.726. The van der Waals surface area contributed by atoms with E-state index in [9.17, 15) is 19.2 Å². The van der Waals surface area contributed by atoms with E-state index in [4.69, 9.17) is 47.4 Å². The van der Waals surface area contributed by atoms with Gasteiger partial charge in [-0.3, -0.25) is 0 Å². The van der Waals surface area contributed by atoms with Crippen LogP contribution in [0.3, 0.4) is 0 Å². The van der Waals surface area contributed by atoms with E-state index >= 15 is 0 Å². The number of benzene rings is 9. The van der Waals surface area contributed by atoms with Crippen molar-refractivity contribution in [3.05, 3.63) is 107 Å². The Morgan fingerprint density at radius 2 is 0.432 bits per heavy atom. The first-order valence-electron chi connectivity index (χ1n) is 32.2. The molecule has 0 aliphatic heterocycles. The Balaban J connectivity index is 0.000000231. The van der Waals surface area contributed by atoms with Gasteiger partial charge in [0.2, 0.25) is 0 Å². The first kappa shape index (κ1) is 65.7. The van der Waals surface area contributed by atoms with Gasteiger partial charge in [-0.05, 0) is 192 Å². The zero-order valence-corrected chi connectivity index (χ0v) is 53.4. The van der Waals surface area contributed by atoms with Crippen LogP contribution >= 0.6 is 0 Å². The molecule has 14 nitrogen and oxygen atoms in total. The number of hydrogen-bond donors (Lipinski definition) is 0. The molecule has 9 rings (SSSR count). The molecule has 0 saturated carbocycles. The van der Waals surface area contributed by atoms with Crippen molar-refractivity contribution < 1.29 is 66.5 Å². The lowest BCUT2D eigenvalue weighted by atomic mass is 9.84. The van der Waals surface area contributed by atoms with Crippen molar-refractivity contribution >= 4 is 99.3 Å². The molecular weight excluding hydrogens is 1110 g/mol. The molecule has 14 heteroatoms. The summed E-state index contributed by atoms with van der Waals surface area (Å²) in [7, 11) is 0. The second-order valence-electron chi connectivity index (χ2n) is 21.8. The molecule has 0 radical (unpaired) electrons. The molecule has 0 unspecified atom stereocenters. The van der Waals surface area contributed by atoms with E-state index in [1.807, 2.05) is 0 Å². The van der Waals surface area contributed by atoms with E-state index in [2.05, 4.69) is 77.9 Å². The number of carbonyl (C=O) groups excluding carboxylic acids is 4. The van der Waals surface area contributed by atoms with E-state index in [-0.39, 0.29) is 48.7 Å². The minimum Gasteiger partial charge on any atom is -0.490 e. The van der Waals surface area contributed by atoms with Gasteiger partial charge in [0, 0.05) is 10.8 Å². The molecule has 9 aromatic rings. The Labute approximate surface area is 517 Å². The highest BCUT2D eigenvalue weighted by Crippen LogP contribution is 2.49. The van der Waals surface area contributed by atoms with E-state index in [0.717, 1.165) is 165 Å². The summed E-state index contributed by atoms with van der Waals surface area (Å²) in [6, 6.07) is 26.7. The molecule has 0 fully saturated rings. The highest BCUT2D eigenvalue weighted by Gasteiger charge is 2.28. The number of unbranched alkanes of at least 4 members (excludes halogenated alkanes) is 6. The Hall–Kier alpha value is -8.26. The highest BCUT2D eigenvalue weighted by atomic mass is 16.6. The van der Waals surface area contributed by atoms with Crippen molar-refractivity contribution in [2.45, 2.75) is 146 Å². The van der Waals surface area contributed by atoms with Crippen LogP contribution in [0.2, 0.25) is 0 Å². The number of ether oxygens (including phenoxy) is 10. The third-order valence-corrected chi connectivity index (χ3v) is 15.5. The van der Waals surface area contributed by atoms with Crippen molar-refractivity contribution in [3.8, 4) is 34.5 Å². The fourth-order valence-corrected chi connectivity index (χ4v) is 11.1. The number of carbonyl (C=O) groups is 4. The summed E-state index contributed by atoms with van der Waals surface area (Å²) in [5.74, 6) is 2.47. The molecule has 0 aliphatic carbocycles. The molecule has 0 heterocycles. The lowest BCUT2D eigenvalue weighted by Crippen LogP contribution is -2.12. The summed E-state index contributed by atoms with van der Waals surface area (Å²) in [5.41, 5.74) is 0.987. The van der Waals surface area contributed by atoms with Crippen LogP contribution in [0.5, 0.6) is 34.5 Å². The molecule has 0 aromatic heterocycles. The van der Waals surface area contributed by atoms with Crippen LogP contribution in [0.25, 0.3) is 75.4 Å². The summed E-state index contributed by atoms with van der Waals surface area (Å²) < 4.78 is 59.8. The number of esters is 4. The van der Waals surface area contributed by atoms with E-state index in [1.165, 1.54) is 0 Å². The lowest BCUT2D eigenvalue weighted by Gasteiger charge is -2.20. The third-order valence-electron chi connectivity index (χ3n) is 15.5. The second-order valence-corrected chi connectivity index (χ2v) is 21.8. The molecule has 0 atom stereocenters. The maximum Gasteiger partial charge on any atom is 0.338 e. The molecule has 88 heavy (non-hydrogen) atoms. The van der Waals surface area contributed by atoms with E-state index in [0.29, 0.717) is 61.2 Å². The number of fused-ring (bicyclic) bond motifs is 8. The number of hydrogen-bond acceptors (Lipinski definition) is 14. The highest BCUT2D eigenvalue weighted by molar-refractivity contribution is 6.38.